The van der Waals surface area contributed by atoms with E-state index in [4.69, 9.17) is 9.47 Å². The summed E-state index contributed by atoms with van der Waals surface area (Å²) in [6.45, 7) is 1.26. The molecule has 0 unspecified atom stereocenters. The molecule has 0 bridgehead atoms. The Labute approximate surface area is 163 Å². The first kappa shape index (κ1) is 19.1. The Bertz CT molecular complexity index is 970. The zero-order valence-electron chi connectivity index (χ0n) is 15.6. The third-order valence-electron chi connectivity index (χ3n) is 4.07. The lowest BCUT2D eigenvalue weighted by atomic mass is 10.1. The van der Waals surface area contributed by atoms with Gasteiger partial charge in [-0.25, -0.2) is 4.98 Å². The Kier molecular flexibility index (Phi) is 6.01. The molecule has 0 aliphatic heterocycles. The quantitative estimate of drug-likeness (QED) is 0.631. The van der Waals surface area contributed by atoms with E-state index in [-0.39, 0.29) is 18.3 Å². The standard InChI is InChI=1S/C22H20N2O4/c1-15(25)17-8-10-19(20(12-17)27-2)28-14-22(26)24-21-11-9-18(13-23-21)16-6-4-3-5-7-16/h3-13H,14H2,1-2H3,(H,23,24,26). The van der Waals surface area contributed by atoms with Crippen LogP contribution in [0.5, 0.6) is 11.5 Å². The van der Waals surface area contributed by atoms with E-state index in [9.17, 15) is 9.59 Å². The van der Waals surface area contributed by atoms with Gasteiger partial charge >= 0.3 is 0 Å². The highest BCUT2D eigenvalue weighted by Crippen LogP contribution is 2.28. The van der Waals surface area contributed by atoms with Crippen LogP contribution in [-0.4, -0.2) is 30.4 Å². The van der Waals surface area contributed by atoms with Gasteiger partial charge in [0, 0.05) is 17.3 Å². The van der Waals surface area contributed by atoms with E-state index in [1.807, 2.05) is 36.4 Å². The summed E-state index contributed by atoms with van der Waals surface area (Å²) in [5.74, 6) is 0.790. The van der Waals surface area contributed by atoms with Crippen LogP contribution in [0, 0.1) is 0 Å². The summed E-state index contributed by atoms with van der Waals surface area (Å²) >= 11 is 0. The molecule has 0 atom stereocenters. The molecule has 142 valence electrons. The summed E-state index contributed by atoms with van der Waals surface area (Å²) in [5.41, 5.74) is 2.53. The molecular formula is C22H20N2O4. The van der Waals surface area contributed by atoms with Crippen molar-refractivity contribution in [1.82, 2.24) is 4.98 Å². The highest BCUT2D eigenvalue weighted by atomic mass is 16.5. The van der Waals surface area contributed by atoms with E-state index in [0.717, 1.165) is 11.1 Å². The van der Waals surface area contributed by atoms with Gasteiger partial charge in [0.2, 0.25) is 0 Å². The minimum absolute atomic E-state index is 0.0763. The number of anilines is 1. The van der Waals surface area contributed by atoms with Crippen LogP contribution in [0.4, 0.5) is 5.82 Å². The lowest BCUT2D eigenvalue weighted by molar-refractivity contribution is -0.118. The Morgan fingerprint density at radius 2 is 1.75 bits per heavy atom. The molecule has 3 rings (SSSR count). The lowest BCUT2D eigenvalue weighted by Crippen LogP contribution is -2.21. The van der Waals surface area contributed by atoms with Gasteiger partial charge in [-0.3, -0.25) is 9.59 Å². The summed E-state index contributed by atoms with van der Waals surface area (Å²) in [6, 6.07) is 18.3. The van der Waals surface area contributed by atoms with Gasteiger partial charge in [0.15, 0.2) is 23.9 Å². The molecule has 1 aromatic heterocycles. The number of nitrogens with zero attached hydrogens (tertiary/aromatic N) is 1. The summed E-state index contributed by atoms with van der Waals surface area (Å²) in [7, 11) is 1.48. The first-order chi connectivity index (χ1) is 13.6. The van der Waals surface area contributed by atoms with E-state index in [0.29, 0.717) is 22.9 Å². The molecule has 0 saturated heterocycles. The van der Waals surface area contributed by atoms with Gasteiger partial charge in [-0.15, -0.1) is 0 Å². The number of amides is 1. The molecule has 0 aliphatic carbocycles. The summed E-state index contributed by atoms with van der Waals surface area (Å²) < 4.78 is 10.7. The molecule has 28 heavy (non-hydrogen) atoms. The number of Topliss-reactive ketones (excluding diaryl/α,β-unsaturated/α-hetero) is 1. The van der Waals surface area contributed by atoms with Crippen molar-refractivity contribution in [3.8, 4) is 22.6 Å². The fourth-order valence-electron chi connectivity index (χ4n) is 2.60. The number of ketones is 1. The topological polar surface area (TPSA) is 77.5 Å². The van der Waals surface area contributed by atoms with Crippen molar-refractivity contribution in [3.63, 3.8) is 0 Å². The number of aromatic nitrogens is 1. The highest BCUT2D eigenvalue weighted by molar-refractivity contribution is 5.95. The van der Waals surface area contributed by atoms with Crippen molar-refractivity contribution in [2.45, 2.75) is 6.92 Å². The van der Waals surface area contributed by atoms with Crippen LogP contribution in [-0.2, 0) is 4.79 Å². The third-order valence-corrected chi connectivity index (χ3v) is 4.07. The molecular weight excluding hydrogens is 356 g/mol. The number of carbonyl (C=O) groups excluding carboxylic acids is 2. The Balaban J connectivity index is 1.59. The molecule has 3 aromatic rings. The smallest absolute Gasteiger partial charge is 0.263 e. The minimum atomic E-state index is -0.349. The molecule has 0 spiro atoms. The van der Waals surface area contributed by atoms with Crippen LogP contribution < -0.4 is 14.8 Å². The highest BCUT2D eigenvalue weighted by Gasteiger charge is 2.11. The van der Waals surface area contributed by atoms with Crippen LogP contribution in [0.25, 0.3) is 11.1 Å². The maximum Gasteiger partial charge on any atom is 0.263 e. The minimum Gasteiger partial charge on any atom is -0.493 e. The molecule has 0 fully saturated rings. The molecule has 0 aliphatic rings. The number of methoxy groups -OCH3 is 1. The van der Waals surface area contributed by atoms with E-state index < -0.39 is 0 Å². The van der Waals surface area contributed by atoms with Gasteiger partial charge in [-0.2, -0.15) is 0 Å². The second-order valence-electron chi connectivity index (χ2n) is 6.06. The largest absolute Gasteiger partial charge is 0.493 e. The zero-order chi connectivity index (χ0) is 19.9. The van der Waals surface area contributed by atoms with Crippen molar-refractivity contribution >= 4 is 17.5 Å². The number of ether oxygens (including phenoxy) is 2. The summed E-state index contributed by atoms with van der Waals surface area (Å²) in [6.07, 6.45) is 1.70. The molecule has 6 nitrogen and oxygen atoms in total. The van der Waals surface area contributed by atoms with Crippen LogP contribution >= 0.6 is 0 Å². The van der Waals surface area contributed by atoms with Gasteiger partial charge in [0.05, 0.1) is 7.11 Å². The van der Waals surface area contributed by atoms with Crippen LogP contribution in [0.2, 0.25) is 0 Å². The predicted octanol–water partition coefficient (Wildman–Crippen LogP) is 3.98. The number of benzene rings is 2. The van der Waals surface area contributed by atoms with Crippen molar-refractivity contribution in [2.24, 2.45) is 0 Å². The average Bonchev–Trinajstić information content (AvgIpc) is 2.73. The van der Waals surface area contributed by atoms with Crippen LogP contribution in [0.15, 0.2) is 66.9 Å². The molecule has 0 saturated carbocycles. The van der Waals surface area contributed by atoms with Crippen molar-refractivity contribution in [1.29, 1.82) is 0 Å². The molecule has 0 radical (unpaired) electrons. The number of nitrogens with one attached hydrogen (secondary N) is 1. The Hall–Kier alpha value is -3.67. The number of carbonyl (C=O) groups is 2. The average molecular weight is 376 g/mol. The lowest BCUT2D eigenvalue weighted by Gasteiger charge is -2.11. The van der Waals surface area contributed by atoms with Gasteiger partial charge in [-0.05, 0) is 42.8 Å². The molecule has 6 heteroatoms. The summed E-state index contributed by atoms with van der Waals surface area (Å²) in [5, 5.41) is 2.69. The first-order valence-corrected chi connectivity index (χ1v) is 8.70. The summed E-state index contributed by atoms with van der Waals surface area (Å²) in [4.78, 5) is 27.9. The molecule has 1 N–H and O–H groups in total. The van der Waals surface area contributed by atoms with Crippen molar-refractivity contribution in [3.05, 3.63) is 72.4 Å². The predicted molar refractivity (Wildman–Crippen MR) is 107 cm³/mol. The van der Waals surface area contributed by atoms with Crippen LogP contribution in [0.1, 0.15) is 17.3 Å². The number of hydrogen-bond acceptors (Lipinski definition) is 5. The van der Waals surface area contributed by atoms with E-state index in [1.54, 1.807) is 30.5 Å². The van der Waals surface area contributed by atoms with E-state index in [1.165, 1.54) is 14.0 Å². The van der Waals surface area contributed by atoms with E-state index >= 15 is 0 Å². The number of rotatable bonds is 7. The van der Waals surface area contributed by atoms with Gasteiger partial charge in [0.25, 0.3) is 5.91 Å². The Morgan fingerprint density at radius 1 is 0.964 bits per heavy atom. The molecule has 1 amide bonds. The number of pyridine rings is 1. The molecule has 2 aromatic carbocycles. The van der Waals surface area contributed by atoms with Gasteiger partial charge < -0.3 is 14.8 Å². The van der Waals surface area contributed by atoms with Gasteiger partial charge in [-0.1, -0.05) is 30.3 Å². The second kappa shape index (κ2) is 8.81. The normalized spacial score (nSPS) is 10.2. The monoisotopic (exact) mass is 376 g/mol. The fraction of sp³-hybridized carbons (Fsp3) is 0.136. The SMILES string of the molecule is COc1cc(C(C)=O)ccc1OCC(=O)Nc1ccc(-c2ccccc2)cn1. The zero-order valence-corrected chi connectivity index (χ0v) is 15.6. The van der Waals surface area contributed by atoms with E-state index in [2.05, 4.69) is 10.3 Å². The second-order valence-corrected chi connectivity index (χ2v) is 6.06. The van der Waals surface area contributed by atoms with Crippen molar-refractivity contribution < 1.29 is 19.1 Å². The fourth-order valence-corrected chi connectivity index (χ4v) is 2.60. The molecule has 1 heterocycles. The third kappa shape index (κ3) is 4.73. The Morgan fingerprint density at radius 3 is 2.39 bits per heavy atom. The maximum atomic E-state index is 12.1. The van der Waals surface area contributed by atoms with Crippen molar-refractivity contribution in [2.75, 3.05) is 19.0 Å². The van der Waals surface area contributed by atoms with Crippen LogP contribution in [0.3, 0.4) is 0 Å². The van der Waals surface area contributed by atoms with Gasteiger partial charge in [0.1, 0.15) is 5.82 Å². The maximum absolute atomic E-state index is 12.1. The number of hydrogen-bond donors (Lipinski definition) is 1. The first-order valence-electron chi connectivity index (χ1n) is 8.70.